The molecule has 0 aliphatic rings. The van der Waals surface area contributed by atoms with Crippen LogP contribution in [-0.4, -0.2) is 63.7 Å². The highest BCUT2D eigenvalue weighted by atomic mass is 16.3. The van der Waals surface area contributed by atoms with Gasteiger partial charge in [-0.3, -0.25) is 0 Å². The van der Waals surface area contributed by atoms with Gasteiger partial charge in [-0.05, 0) is 52.6 Å². The number of rotatable bonds is 4. The summed E-state index contributed by atoms with van der Waals surface area (Å²) in [6.45, 7) is 0. The number of aromatic hydroxyl groups is 2. The van der Waals surface area contributed by atoms with Crippen molar-refractivity contribution < 1.29 is 14.6 Å². The van der Waals surface area contributed by atoms with Crippen molar-refractivity contribution in [2.75, 3.05) is 0 Å². The van der Waals surface area contributed by atoms with Crippen molar-refractivity contribution in [3.8, 4) is 51.3 Å². The lowest BCUT2D eigenvalue weighted by atomic mass is 9.70. The van der Waals surface area contributed by atoms with E-state index in [1.54, 1.807) is 4.80 Å². The van der Waals surface area contributed by atoms with E-state index < -0.39 is 0 Å². The summed E-state index contributed by atoms with van der Waals surface area (Å²) < 4.78 is 6.22. The van der Waals surface area contributed by atoms with Gasteiger partial charge in [-0.15, -0.1) is 10.2 Å². The molecule has 0 amide bonds. The molecule has 0 saturated carbocycles. The zero-order valence-corrected chi connectivity index (χ0v) is 29.0. The van der Waals surface area contributed by atoms with Gasteiger partial charge in [0.25, 0.3) is 0 Å². The Balaban J connectivity index is 1.25. The van der Waals surface area contributed by atoms with Crippen LogP contribution in [0.4, 0.5) is 0 Å². The number of para-hydroxylation sites is 2. The Labute approximate surface area is 304 Å². The third-order valence-electron chi connectivity index (χ3n) is 10.4. The lowest BCUT2D eigenvalue weighted by molar-refractivity contribution is 0.459. The minimum absolute atomic E-state index is 0.0749. The Bertz CT molecular complexity index is 3120. The smallest absolute Gasteiger partial charge is 0.171 e. The molecule has 0 spiro atoms. The van der Waals surface area contributed by atoms with Crippen LogP contribution in [-0.2, 0) is 0 Å². The van der Waals surface area contributed by atoms with Crippen LogP contribution in [0, 0.1) is 0 Å². The molecule has 0 aliphatic carbocycles. The molecule has 0 bridgehead atoms. The first-order valence-electron chi connectivity index (χ1n) is 17.3. The van der Waals surface area contributed by atoms with E-state index in [0.29, 0.717) is 28.2 Å². The molecule has 0 radical (unpaired) electrons. The van der Waals surface area contributed by atoms with Crippen molar-refractivity contribution in [1.82, 2.24) is 29.9 Å². The molecule has 7 aromatic carbocycles. The van der Waals surface area contributed by atoms with Crippen LogP contribution in [0.5, 0.6) is 11.5 Å². The van der Waals surface area contributed by atoms with Crippen molar-refractivity contribution in [2.24, 2.45) is 0 Å². The van der Waals surface area contributed by atoms with Crippen molar-refractivity contribution in [3.05, 3.63) is 115 Å². The van der Waals surface area contributed by atoms with Gasteiger partial charge >= 0.3 is 0 Å². The fourth-order valence-electron chi connectivity index (χ4n) is 7.37. The molecule has 0 aliphatic heterocycles. The monoisotopic (exact) mass is 684 g/mol. The number of aromatic nitrogens is 6. The molecular weight excluding hydrogens is 657 g/mol. The van der Waals surface area contributed by atoms with E-state index >= 15 is 0 Å². The standard InChI is InChI=1S/C41H27B3N6O3/c42-33-34(43)37(51)32(38(52)35(33)44)41-46-39(45-40(47-41)25-10-6-12-29-31(25)24-9-4-5-11-28(24)53-29)22-16-14-20-13-15-21-17-18-27-36(30(21)26(20)19-22)49-50(48-27)23-7-2-1-3-8-23/h1-19,51-52H,42-44H2. The van der Waals surface area contributed by atoms with E-state index in [1.807, 2.05) is 115 Å². The summed E-state index contributed by atoms with van der Waals surface area (Å²) in [7, 11) is 5.52. The predicted molar refractivity (Wildman–Crippen MR) is 219 cm³/mol. The fraction of sp³-hybridized carbons (Fsp3) is 0. The molecule has 0 fully saturated rings. The summed E-state index contributed by atoms with van der Waals surface area (Å²) in [5.41, 5.74) is 7.59. The highest BCUT2D eigenvalue weighted by Gasteiger charge is 2.24. The maximum atomic E-state index is 11.5. The summed E-state index contributed by atoms with van der Waals surface area (Å²) in [4.78, 5) is 16.7. The second kappa shape index (κ2) is 11.5. The van der Waals surface area contributed by atoms with Gasteiger partial charge in [0.05, 0.1) is 5.69 Å². The predicted octanol–water partition coefficient (Wildman–Crippen LogP) is 4.00. The molecule has 0 unspecified atom stereocenters. The summed E-state index contributed by atoms with van der Waals surface area (Å²) in [6.07, 6.45) is 0. The Kier molecular flexibility index (Phi) is 6.72. The Hall–Kier alpha value is -6.94. The quantitative estimate of drug-likeness (QED) is 0.211. The summed E-state index contributed by atoms with van der Waals surface area (Å²) in [6, 6.07) is 37.9. The third kappa shape index (κ3) is 4.72. The average Bonchev–Trinajstić information content (AvgIpc) is 3.81. The van der Waals surface area contributed by atoms with E-state index in [2.05, 4.69) is 24.3 Å². The lowest BCUT2D eigenvalue weighted by Gasteiger charge is -2.17. The highest BCUT2D eigenvalue weighted by molar-refractivity contribution is 6.59. The molecule has 10 aromatic rings. The summed E-state index contributed by atoms with van der Waals surface area (Å²) >= 11 is 0. The number of furan rings is 1. The van der Waals surface area contributed by atoms with E-state index in [0.717, 1.165) is 71.2 Å². The minimum Gasteiger partial charge on any atom is -0.508 e. The first-order chi connectivity index (χ1) is 25.8. The van der Waals surface area contributed by atoms with Crippen LogP contribution in [0.1, 0.15) is 0 Å². The number of nitrogens with zero attached hydrogens (tertiary/aromatic N) is 6. The molecule has 3 heterocycles. The van der Waals surface area contributed by atoms with Crippen LogP contribution >= 0.6 is 0 Å². The molecule has 0 atom stereocenters. The zero-order valence-electron chi connectivity index (χ0n) is 29.0. The van der Waals surface area contributed by atoms with E-state index in [1.165, 1.54) is 0 Å². The maximum absolute atomic E-state index is 11.5. The molecule has 12 heteroatoms. The molecule has 10 rings (SSSR count). The van der Waals surface area contributed by atoms with Crippen molar-refractivity contribution in [3.63, 3.8) is 0 Å². The number of benzene rings is 7. The number of phenolic OH excluding ortho intramolecular Hbond substituents is 2. The first kappa shape index (κ1) is 30.9. The number of fused-ring (bicyclic) bond motifs is 8. The first-order valence-corrected chi connectivity index (χ1v) is 17.3. The molecule has 248 valence electrons. The van der Waals surface area contributed by atoms with Crippen molar-refractivity contribution in [2.45, 2.75) is 0 Å². The van der Waals surface area contributed by atoms with Crippen LogP contribution in [0.2, 0.25) is 0 Å². The third-order valence-corrected chi connectivity index (χ3v) is 10.4. The van der Waals surface area contributed by atoms with Gasteiger partial charge in [0.1, 0.15) is 62.8 Å². The molecule has 53 heavy (non-hydrogen) atoms. The topological polar surface area (TPSA) is 123 Å². The van der Waals surface area contributed by atoms with E-state index in [9.17, 15) is 10.2 Å². The SMILES string of the molecule is Bc1c(B)c(O)c(-c2nc(-c3ccc4ccc5ccc6nn(-c7ccccc7)nc6c5c4c3)nc(-c3cccc4oc5ccccc5c34)n2)c(O)c1B. The van der Waals surface area contributed by atoms with Gasteiger partial charge in [0.15, 0.2) is 17.5 Å². The van der Waals surface area contributed by atoms with Gasteiger partial charge in [0.2, 0.25) is 0 Å². The van der Waals surface area contributed by atoms with Crippen LogP contribution in [0.3, 0.4) is 0 Å². The number of phenols is 2. The Morgan fingerprint density at radius 2 is 1.23 bits per heavy atom. The van der Waals surface area contributed by atoms with Gasteiger partial charge in [-0.2, -0.15) is 4.80 Å². The van der Waals surface area contributed by atoms with Crippen molar-refractivity contribution in [1.29, 1.82) is 0 Å². The van der Waals surface area contributed by atoms with E-state index in [-0.39, 0.29) is 22.9 Å². The van der Waals surface area contributed by atoms with Crippen molar-refractivity contribution >= 4 is 94.4 Å². The summed E-state index contributed by atoms with van der Waals surface area (Å²) in [5.74, 6) is 0.761. The second-order valence-corrected chi connectivity index (χ2v) is 13.4. The molecular formula is C41H27B3N6O3. The molecule has 9 nitrogen and oxygen atoms in total. The molecule has 2 N–H and O–H groups in total. The number of hydrogen-bond acceptors (Lipinski definition) is 8. The normalized spacial score (nSPS) is 11.8. The number of hydrogen-bond donors (Lipinski definition) is 2. The maximum Gasteiger partial charge on any atom is 0.171 e. The second-order valence-electron chi connectivity index (χ2n) is 13.4. The Morgan fingerprint density at radius 3 is 2.06 bits per heavy atom. The highest BCUT2D eigenvalue weighted by Crippen LogP contribution is 2.39. The zero-order chi connectivity index (χ0) is 36.0. The minimum atomic E-state index is -0.0749. The van der Waals surface area contributed by atoms with Crippen LogP contribution < -0.4 is 16.4 Å². The van der Waals surface area contributed by atoms with Gasteiger partial charge in [-0.1, -0.05) is 95.3 Å². The van der Waals surface area contributed by atoms with Crippen LogP contribution in [0.25, 0.3) is 94.4 Å². The summed E-state index contributed by atoms with van der Waals surface area (Å²) in [5, 5.41) is 38.5. The fourth-order valence-corrected chi connectivity index (χ4v) is 7.37. The Morgan fingerprint density at radius 1 is 0.547 bits per heavy atom. The molecule has 0 saturated heterocycles. The molecule has 3 aromatic heterocycles. The van der Waals surface area contributed by atoms with Gasteiger partial charge < -0.3 is 14.6 Å². The largest absolute Gasteiger partial charge is 0.508 e. The van der Waals surface area contributed by atoms with Gasteiger partial charge in [0, 0.05) is 27.3 Å². The lowest BCUT2D eigenvalue weighted by Crippen LogP contribution is -2.39. The van der Waals surface area contributed by atoms with E-state index in [4.69, 9.17) is 29.6 Å². The average molecular weight is 684 g/mol. The van der Waals surface area contributed by atoms with Crippen LogP contribution in [0.15, 0.2) is 120 Å². The van der Waals surface area contributed by atoms with Gasteiger partial charge in [-0.25, -0.2) is 15.0 Å².